The largest absolute Gasteiger partial charge is 0.455 e. The van der Waals surface area contributed by atoms with Crippen molar-refractivity contribution in [3.63, 3.8) is 0 Å². The predicted octanol–water partition coefficient (Wildman–Crippen LogP) is 2.21. The minimum atomic E-state index is -0.854. The maximum absolute atomic E-state index is 11.6. The smallest absolute Gasteiger partial charge is 0.413 e. The maximum atomic E-state index is 11.6. The van der Waals surface area contributed by atoms with E-state index in [9.17, 15) is 14.4 Å². The Hall–Kier alpha value is -2.02. The normalized spacial score (nSPS) is 9.95. The summed E-state index contributed by atoms with van der Waals surface area (Å²) in [5.41, 5.74) is 2.23. The number of esters is 1. The molecule has 2 amide bonds. The van der Waals surface area contributed by atoms with Crippen LogP contribution in [0, 0.1) is 13.8 Å². The molecule has 0 aromatic heterocycles. The van der Waals surface area contributed by atoms with Crippen LogP contribution >= 0.6 is 11.8 Å². The molecular formula is C15H19NO5S. The summed E-state index contributed by atoms with van der Waals surface area (Å²) < 4.78 is 9.32. The Kier molecular flexibility index (Phi) is 7.45. The van der Waals surface area contributed by atoms with E-state index in [2.05, 4.69) is 4.74 Å². The predicted molar refractivity (Wildman–Crippen MR) is 82.8 cm³/mol. The minimum Gasteiger partial charge on any atom is -0.455 e. The van der Waals surface area contributed by atoms with Crippen LogP contribution in [-0.2, 0) is 19.1 Å². The van der Waals surface area contributed by atoms with Crippen LogP contribution in [0.3, 0.4) is 0 Å². The van der Waals surface area contributed by atoms with Gasteiger partial charge in [0.15, 0.2) is 6.61 Å². The number of hydrogen-bond acceptors (Lipinski definition) is 6. The summed E-state index contributed by atoms with van der Waals surface area (Å²) in [4.78, 5) is 34.8. The molecule has 0 atom stereocenters. The molecule has 22 heavy (non-hydrogen) atoms. The Morgan fingerprint density at radius 1 is 1.18 bits per heavy atom. The second-order valence-corrected chi connectivity index (χ2v) is 5.50. The Morgan fingerprint density at radius 3 is 2.55 bits per heavy atom. The molecule has 0 bridgehead atoms. The van der Waals surface area contributed by atoms with Gasteiger partial charge < -0.3 is 9.47 Å². The number of thioether (sulfide) groups is 1. The van der Waals surface area contributed by atoms with Crippen molar-refractivity contribution in [2.75, 3.05) is 19.0 Å². The van der Waals surface area contributed by atoms with E-state index in [4.69, 9.17) is 4.74 Å². The highest BCUT2D eigenvalue weighted by Crippen LogP contribution is 2.23. The first kappa shape index (κ1) is 18.0. The average Bonchev–Trinajstić information content (AvgIpc) is 2.44. The molecule has 0 fully saturated rings. The summed E-state index contributed by atoms with van der Waals surface area (Å²) in [7, 11) is 0. The van der Waals surface area contributed by atoms with E-state index in [1.54, 1.807) is 6.92 Å². The van der Waals surface area contributed by atoms with Gasteiger partial charge in [-0.05, 0) is 32.4 Å². The third-order valence-electron chi connectivity index (χ3n) is 2.56. The highest BCUT2D eigenvalue weighted by Gasteiger charge is 2.12. The quantitative estimate of drug-likeness (QED) is 0.638. The van der Waals surface area contributed by atoms with Crippen molar-refractivity contribution >= 4 is 29.7 Å². The second kappa shape index (κ2) is 9.09. The van der Waals surface area contributed by atoms with Crippen molar-refractivity contribution in [2.45, 2.75) is 25.7 Å². The number of nitrogens with one attached hydrogen (secondary N) is 1. The summed E-state index contributed by atoms with van der Waals surface area (Å²) in [6.45, 7) is 5.23. The van der Waals surface area contributed by atoms with Gasteiger partial charge in [0.1, 0.15) is 0 Å². The molecule has 0 radical (unpaired) electrons. The van der Waals surface area contributed by atoms with E-state index in [0.717, 1.165) is 16.0 Å². The molecule has 1 N–H and O–H groups in total. The molecule has 0 aliphatic heterocycles. The number of rotatable bonds is 6. The average molecular weight is 325 g/mol. The zero-order chi connectivity index (χ0) is 16.5. The van der Waals surface area contributed by atoms with Gasteiger partial charge in [0, 0.05) is 4.90 Å². The molecule has 0 unspecified atom stereocenters. The van der Waals surface area contributed by atoms with Crippen LogP contribution in [0.1, 0.15) is 18.1 Å². The number of imide groups is 1. The Balaban J connectivity index is 2.31. The summed E-state index contributed by atoms with van der Waals surface area (Å²) in [6, 6.07) is 5.93. The van der Waals surface area contributed by atoms with Gasteiger partial charge in [0.05, 0.1) is 12.4 Å². The minimum absolute atomic E-state index is 0.0938. The first-order chi connectivity index (χ1) is 10.4. The lowest BCUT2D eigenvalue weighted by atomic mass is 10.2. The molecule has 0 spiro atoms. The Bertz CT molecular complexity index is 559. The van der Waals surface area contributed by atoms with Crippen LogP contribution in [0.2, 0.25) is 0 Å². The molecule has 120 valence electrons. The lowest BCUT2D eigenvalue weighted by Gasteiger charge is -2.07. The number of carbonyl (C=O) groups is 3. The third kappa shape index (κ3) is 6.62. The van der Waals surface area contributed by atoms with E-state index in [0.29, 0.717) is 0 Å². The fourth-order valence-corrected chi connectivity index (χ4v) is 2.41. The second-order valence-electron chi connectivity index (χ2n) is 4.49. The summed E-state index contributed by atoms with van der Waals surface area (Å²) >= 11 is 1.34. The van der Waals surface area contributed by atoms with E-state index in [1.165, 1.54) is 11.8 Å². The molecule has 0 heterocycles. The monoisotopic (exact) mass is 325 g/mol. The van der Waals surface area contributed by atoms with Gasteiger partial charge in [-0.1, -0.05) is 17.7 Å². The number of benzene rings is 1. The molecule has 6 nitrogen and oxygen atoms in total. The van der Waals surface area contributed by atoms with Crippen molar-refractivity contribution in [3.05, 3.63) is 29.3 Å². The highest BCUT2D eigenvalue weighted by atomic mass is 32.2. The van der Waals surface area contributed by atoms with E-state index >= 15 is 0 Å². The summed E-state index contributed by atoms with van der Waals surface area (Å²) in [6.07, 6.45) is -0.854. The molecule has 0 saturated carbocycles. The maximum Gasteiger partial charge on any atom is 0.413 e. The lowest BCUT2D eigenvalue weighted by Crippen LogP contribution is -2.34. The topological polar surface area (TPSA) is 81.7 Å². The van der Waals surface area contributed by atoms with Crippen LogP contribution in [0.15, 0.2) is 23.1 Å². The number of aryl methyl sites for hydroxylation is 2. The standard InChI is InChI=1S/C15H19NO5S/c1-4-20-15(19)16-13(17)8-21-14(18)9-22-12-6-5-10(2)7-11(12)3/h5-7H,4,8-9H2,1-3H3,(H,16,17,19). The first-order valence-electron chi connectivity index (χ1n) is 6.74. The van der Waals surface area contributed by atoms with Gasteiger partial charge in [-0.3, -0.25) is 14.9 Å². The summed E-state index contributed by atoms with van der Waals surface area (Å²) in [5.74, 6) is -1.15. The fraction of sp³-hybridized carbons (Fsp3) is 0.400. The van der Waals surface area contributed by atoms with Gasteiger partial charge in [0.2, 0.25) is 0 Å². The van der Waals surface area contributed by atoms with Crippen LogP contribution in [0.25, 0.3) is 0 Å². The van der Waals surface area contributed by atoms with E-state index in [-0.39, 0.29) is 12.4 Å². The van der Waals surface area contributed by atoms with E-state index in [1.807, 2.05) is 37.4 Å². The SMILES string of the molecule is CCOC(=O)NC(=O)COC(=O)CSc1ccc(C)cc1C. The van der Waals surface area contributed by atoms with Crippen molar-refractivity contribution in [2.24, 2.45) is 0 Å². The zero-order valence-corrected chi connectivity index (χ0v) is 13.6. The fourth-order valence-electron chi connectivity index (χ4n) is 1.60. The molecule has 1 aromatic rings. The van der Waals surface area contributed by atoms with Gasteiger partial charge >= 0.3 is 12.1 Å². The van der Waals surface area contributed by atoms with Crippen LogP contribution in [-0.4, -0.2) is 36.9 Å². The van der Waals surface area contributed by atoms with Crippen molar-refractivity contribution in [3.8, 4) is 0 Å². The number of carbonyl (C=O) groups excluding carboxylic acids is 3. The lowest BCUT2D eigenvalue weighted by molar-refractivity contribution is -0.145. The molecule has 0 aliphatic rings. The molecule has 7 heteroatoms. The van der Waals surface area contributed by atoms with Gasteiger partial charge in [-0.25, -0.2) is 4.79 Å². The van der Waals surface area contributed by atoms with Gasteiger partial charge in [-0.2, -0.15) is 0 Å². The molecule has 0 saturated heterocycles. The molecule has 1 aromatic carbocycles. The molecular weight excluding hydrogens is 306 g/mol. The first-order valence-corrected chi connectivity index (χ1v) is 7.73. The third-order valence-corrected chi connectivity index (χ3v) is 3.71. The highest BCUT2D eigenvalue weighted by molar-refractivity contribution is 8.00. The number of amides is 2. The van der Waals surface area contributed by atoms with Gasteiger partial charge in [0.25, 0.3) is 5.91 Å². The van der Waals surface area contributed by atoms with Crippen LogP contribution in [0.5, 0.6) is 0 Å². The van der Waals surface area contributed by atoms with E-state index < -0.39 is 24.6 Å². The van der Waals surface area contributed by atoms with Crippen molar-refractivity contribution in [1.82, 2.24) is 5.32 Å². The van der Waals surface area contributed by atoms with Crippen molar-refractivity contribution < 1.29 is 23.9 Å². The molecule has 1 rings (SSSR count). The van der Waals surface area contributed by atoms with Crippen molar-refractivity contribution in [1.29, 1.82) is 0 Å². The Labute approximate surface area is 133 Å². The van der Waals surface area contributed by atoms with Gasteiger partial charge in [-0.15, -0.1) is 11.8 Å². The van der Waals surface area contributed by atoms with Crippen LogP contribution < -0.4 is 5.32 Å². The molecule has 0 aliphatic carbocycles. The number of hydrogen-bond donors (Lipinski definition) is 1. The summed E-state index contributed by atoms with van der Waals surface area (Å²) in [5, 5.41) is 1.94. The number of alkyl carbamates (subject to hydrolysis) is 1. The number of ether oxygens (including phenoxy) is 2. The Morgan fingerprint density at radius 2 is 1.91 bits per heavy atom. The van der Waals surface area contributed by atoms with Crippen LogP contribution in [0.4, 0.5) is 4.79 Å². The zero-order valence-electron chi connectivity index (χ0n) is 12.8.